The Morgan fingerprint density at radius 3 is 2.68 bits per heavy atom. The van der Waals surface area contributed by atoms with Gasteiger partial charge in [-0.05, 0) is 18.9 Å². The molecule has 2 atom stereocenters. The molecule has 2 unspecified atom stereocenters. The van der Waals surface area contributed by atoms with Gasteiger partial charge in [0.2, 0.25) is 0 Å². The molecular weight excluding hydrogens is 242 g/mol. The molecule has 0 saturated heterocycles. The van der Waals surface area contributed by atoms with Crippen molar-refractivity contribution in [2.75, 3.05) is 13.7 Å². The molecular formula is C14H23N3O2. The van der Waals surface area contributed by atoms with Crippen LogP contribution in [0.15, 0.2) is 35.5 Å². The van der Waals surface area contributed by atoms with E-state index < -0.39 is 0 Å². The number of hydrogen-bond donors (Lipinski definition) is 3. The van der Waals surface area contributed by atoms with Crippen molar-refractivity contribution in [3.8, 4) is 0 Å². The zero-order chi connectivity index (χ0) is 14.1. The van der Waals surface area contributed by atoms with Crippen molar-refractivity contribution in [2.45, 2.75) is 31.8 Å². The number of methoxy groups -OCH3 is 1. The largest absolute Gasteiger partial charge is 0.409 e. The second-order valence-electron chi connectivity index (χ2n) is 4.61. The Bertz CT molecular complexity index is 382. The van der Waals surface area contributed by atoms with Crippen molar-refractivity contribution in [1.29, 1.82) is 0 Å². The fraction of sp³-hybridized carbons (Fsp3) is 0.500. The van der Waals surface area contributed by atoms with E-state index in [-0.39, 0.29) is 17.9 Å². The first-order valence-corrected chi connectivity index (χ1v) is 6.43. The summed E-state index contributed by atoms with van der Waals surface area (Å²) >= 11 is 0. The Morgan fingerprint density at radius 2 is 2.11 bits per heavy atom. The molecule has 0 radical (unpaired) electrons. The smallest absolute Gasteiger partial charge is 0.141 e. The van der Waals surface area contributed by atoms with E-state index in [1.807, 2.05) is 30.3 Å². The number of nitrogens with two attached hydrogens (primary N) is 1. The molecule has 0 saturated carbocycles. The van der Waals surface area contributed by atoms with Crippen LogP contribution < -0.4 is 11.1 Å². The van der Waals surface area contributed by atoms with E-state index in [0.717, 1.165) is 12.0 Å². The Hall–Kier alpha value is -1.59. The Balaban J connectivity index is 2.70. The van der Waals surface area contributed by atoms with Gasteiger partial charge in [0.15, 0.2) is 0 Å². The first kappa shape index (κ1) is 15.5. The third-order valence-corrected chi connectivity index (χ3v) is 2.98. The van der Waals surface area contributed by atoms with Gasteiger partial charge >= 0.3 is 0 Å². The monoisotopic (exact) mass is 265 g/mol. The molecule has 1 rings (SSSR count). The predicted molar refractivity (Wildman–Crippen MR) is 76.3 cm³/mol. The summed E-state index contributed by atoms with van der Waals surface area (Å²) in [6.45, 7) is 2.81. The minimum Gasteiger partial charge on any atom is -0.409 e. The van der Waals surface area contributed by atoms with Crippen LogP contribution in [0.2, 0.25) is 0 Å². The van der Waals surface area contributed by atoms with Gasteiger partial charge in [-0.1, -0.05) is 35.5 Å². The lowest BCUT2D eigenvalue weighted by Gasteiger charge is -2.23. The van der Waals surface area contributed by atoms with E-state index in [4.69, 9.17) is 15.7 Å². The van der Waals surface area contributed by atoms with E-state index in [1.54, 1.807) is 7.11 Å². The SMILES string of the molecule is COCCC(C)NC(CC(N)=NO)c1ccccc1. The number of nitrogens with zero attached hydrogens (tertiary/aromatic N) is 1. The lowest BCUT2D eigenvalue weighted by atomic mass is 10.0. The third kappa shape index (κ3) is 5.72. The zero-order valence-electron chi connectivity index (χ0n) is 11.5. The van der Waals surface area contributed by atoms with Crippen molar-refractivity contribution in [3.05, 3.63) is 35.9 Å². The lowest BCUT2D eigenvalue weighted by molar-refractivity contribution is 0.182. The summed E-state index contributed by atoms with van der Waals surface area (Å²) in [7, 11) is 1.69. The van der Waals surface area contributed by atoms with Crippen molar-refractivity contribution in [3.63, 3.8) is 0 Å². The van der Waals surface area contributed by atoms with Crippen LogP contribution in [0.25, 0.3) is 0 Å². The molecule has 0 fully saturated rings. The van der Waals surface area contributed by atoms with Gasteiger partial charge in [-0.15, -0.1) is 0 Å². The minimum absolute atomic E-state index is 0.0314. The minimum atomic E-state index is 0.0314. The van der Waals surface area contributed by atoms with Crippen LogP contribution in [0.3, 0.4) is 0 Å². The fourth-order valence-electron chi connectivity index (χ4n) is 1.93. The number of ether oxygens (including phenoxy) is 1. The van der Waals surface area contributed by atoms with E-state index in [2.05, 4.69) is 17.4 Å². The molecule has 1 aromatic rings. The number of benzene rings is 1. The average molecular weight is 265 g/mol. The zero-order valence-corrected chi connectivity index (χ0v) is 11.5. The summed E-state index contributed by atoms with van der Waals surface area (Å²) in [6, 6.07) is 10.3. The predicted octanol–water partition coefficient (Wildman–Crippen LogP) is 1.88. The molecule has 0 aliphatic heterocycles. The van der Waals surface area contributed by atoms with Gasteiger partial charge in [0.25, 0.3) is 0 Å². The number of amidine groups is 1. The molecule has 0 aromatic heterocycles. The van der Waals surface area contributed by atoms with Crippen LogP contribution in [0.1, 0.15) is 31.4 Å². The standard InChI is InChI=1S/C14H23N3O2/c1-11(8-9-19-2)16-13(10-14(15)17-18)12-6-4-3-5-7-12/h3-7,11,13,16,18H,8-10H2,1-2H3,(H2,15,17). The summed E-state index contributed by atoms with van der Waals surface area (Å²) in [5, 5.41) is 15.3. The Labute approximate surface area is 114 Å². The summed E-state index contributed by atoms with van der Waals surface area (Å²) < 4.78 is 5.07. The van der Waals surface area contributed by atoms with Crippen LogP contribution >= 0.6 is 0 Å². The fourth-order valence-corrected chi connectivity index (χ4v) is 1.93. The van der Waals surface area contributed by atoms with Gasteiger partial charge in [-0.3, -0.25) is 0 Å². The van der Waals surface area contributed by atoms with Gasteiger partial charge in [0, 0.05) is 32.2 Å². The highest BCUT2D eigenvalue weighted by atomic mass is 16.5. The number of nitrogens with one attached hydrogen (secondary N) is 1. The molecule has 0 aliphatic carbocycles. The highest BCUT2D eigenvalue weighted by molar-refractivity contribution is 5.80. The van der Waals surface area contributed by atoms with Gasteiger partial charge in [-0.2, -0.15) is 0 Å². The number of hydrogen-bond acceptors (Lipinski definition) is 4. The van der Waals surface area contributed by atoms with Crippen LogP contribution in [-0.4, -0.2) is 30.8 Å². The molecule has 106 valence electrons. The molecule has 5 nitrogen and oxygen atoms in total. The van der Waals surface area contributed by atoms with Crippen molar-refractivity contribution >= 4 is 5.84 Å². The second-order valence-corrected chi connectivity index (χ2v) is 4.61. The van der Waals surface area contributed by atoms with Gasteiger partial charge in [0.1, 0.15) is 5.84 Å². The van der Waals surface area contributed by atoms with E-state index in [9.17, 15) is 0 Å². The number of rotatable bonds is 8. The van der Waals surface area contributed by atoms with Crippen LogP contribution in [-0.2, 0) is 4.74 Å². The number of oxime groups is 1. The Kier molecular flexibility index (Phi) is 6.92. The van der Waals surface area contributed by atoms with Crippen molar-refractivity contribution < 1.29 is 9.94 Å². The van der Waals surface area contributed by atoms with E-state index >= 15 is 0 Å². The normalized spacial score (nSPS) is 15.2. The summed E-state index contributed by atoms with van der Waals surface area (Å²) in [4.78, 5) is 0. The van der Waals surface area contributed by atoms with Crippen LogP contribution in [0.5, 0.6) is 0 Å². The quantitative estimate of drug-likeness (QED) is 0.290. The average Bonchev–Trinajstić information content (AvgIpc) is 2.45. The topological polar surface area (TPSA) is 79.9 Å². The molecule has 5 heteroatoms. The van der Waals surface area contributed by atoms with E-state index in [1.165, 1.54) is 0 Å². The maximum atomic E-state index is 8.72. The van der Waals surface area contributed by atoms with Gasteiger partial charge < -0.3 is 21.0 Å². The summed E-state index contributed by atoms with van der Waals surface area (Å²) in [5.41, 5.74) is 6.75. The maximum Gasteiger partial charge on any atom is 0.141 e. The molecule has 0 spiro atoms. The van der Waals surface area contributed by atoms with Crippen LogP contribution in [0, 0.1) is 0 Å². The van der Waals surface area contributed by atoms with Crippen LogP contribution in [0.4, 0.5) is 0 Å². The molecule has 0 aliphatic rings. The second kappa shape index (κ2) is 8.50. The van der Waals surface area contributed by atoms with Crippen molar-refractivity contribution in [2.24, 2.45) is 10.9 Å². The first-order valence-electron chi connectivity index (χ1n) is 6.43. The highest BCUT2D eigenvalue weighted by Gasteiger charge is 2.15. The van der Waals surface area contributed by atoms with E-state index in [0.29, 0.717) is 13.0 Å². The summed E-state index contributed by atoms with van der Waals surface area (Å²) in [6.07, 6.45) is 1.38. The first-order chi connectivity index (χ1) is 9.17. The summed E-state index contributed by atoms with van der Waals surface area (Å²) in [5.74, 6) is 0.222. The maximum absolute atomic E-state index is 8.72. The van der Waals surface area contributed by atoms with Crippen molar-refractivity contribution in [1.82, 2.24) is 5.32 Å². The van der Waals surface area contributed by atoms with Gasteiger partial charge in [-0.25, -0.2) is 0 Å². The molecule has 19 heavy (non-hydrogen) atoms. The van der Waals surface area contributed by atoms with Gasteiger partial charge in [0.05, 0.1) is 0 Å². The lowest BCUT2D eigenvalue weighted by Crippen LogP contribution is -2.34. The molecule has 0 bridgehead atoms. The highest BCUT2D eigenvalue weighted by Crippen LogP contribution is 2.17. The Morgan fingerprint density at radius 1 is 1.42 bits per heavy atom. The third-order valence-electron chi connectivity index (χ3n) is 2.98. The molecule has 1 aromatic carbocycles. The molecule has 0 amide bonds. The molecule has 4 N–H and O–H groups in total. The molecule has 0 heterocycles.